The van der Waals surface area contributed by atoms with Crippen molar-refractivity contribution in [1.29, 1.82) is 0 Å². The number of anilines is 3. The fourth-order valence-electron chi connectivity index (χ4n) is 6.47. The van der Waals surface area contributed by atoms with Crippen LogP contribution in [0.5, 0.6) is 0 Å². The molecule has 0 amide bonds. The minimum absolute atomic E-state index is 0.0930. The van der Waals surface area contributed by atoms with E-state index in [-0.39, 0.29) is 5.41 Å². The van der Waals surface area contributed by atoms with Crippen LogP contribution in [0.3, 0.4) is 0 Å². The van der Waals surface area contributed by atoms with E-state index in [1.807, 2.05) is 30.3 Å². The monoisotopic (exact) mass is 554 g/mol. The summed E-state index contributed by atoms with van der Waals surface area (Å²) in [6.45, 7) is 4.65. The summed E-state index contributed by atoms with van der Waals surface area (Å²) in [4.78, 5) is 7.10. The van der Waals surface area contributed by atoms with Gasteiger partial charge in [0.25, 0.3) is 0 Å². The lowest BCUT2D eigenvalue weighted by Crippen LogP contribution is -2.16. The third-order valence-corrected chi connectivity index (χ3v) is 8.71. The molecule has 1 aliphatic carbocycles. The summed E-state index contributed by atoms with van der Waals surface area (Å²) in [7, 11) is 0. The predicted molar refractivity (Wildman–Crippen MR) is 177 cm³/mol. The molecule has 3 nitrogen and oxygen atoms in total. The number of fused-ring (bicyclic) bond motifs is 4. The van der Waals surface area contributed by atoms with Crippen molar-refractivity contribution in [3.63, 3.8) is 0 Å². The smallest absolute Gasteiger partial charge is 0.227 e. The lowest BCUT2D eigenvalue weighted by Gasteiger charge is -2.28. The average Bonchev–Trinajstić information content (AvgIpc) is 3.59. The van der Waals surface area contributed by atoms with E-state index in [0.29, 0.717) is 5.89 Å². The molecule has 0 N–H and O–H groups in total. The van der Waals surface area contributed by atoms with Crippen LogP contribution in [-0.2, 0) is 5.41 Å². The van der Waals surface area contributed by atoms with Gasteiger partial charge in [-0.2, -0.15) is 0 Å². The number of benzene rings is 6. The van der Waals surface area contributed by atoms with Crippen LogP contribution in [-0.4, -0.2) is 4.98 Å². The standard InChI is InChI=1S/C40H30N2O/c1-40(2)35-16-10-9-15-33(35)34-23-21-31(25-36(34)40)42(30-19-17-28(18-20-30)27-11-5-3-6-12-27)32-22-24-37-38(26-32)43-39(41-37)29-13-7-4-8-14-29/h3-26H,1-2H3. The maximum Gasteiger partial charge on any atom is 0.227 e. The molecule has 3 heteroatoms. The molecule has 0 fully saturated rings. The number of oxazole rings is 1. The molecular formula is C40H30N2O. The molecule has 0 unspecified atom stereocenters. The Balaban J connectivity index is 1.27. The van der Waals surface area contributed by atoms with E-state index < -0.39 is 0 Å². The van der Waals surface area contributed by atoms with Gasteiger partial charge in [-0.25, -0.2) is 4.98 Å². The van der Waals surface area contributed by atoms with Crippen LogP contribution in [0, 0.1) is 0 Å². The number of hydrogen-bond donors (Lipinski definition) is 0. The van der Waals surface area contributed by atoms with E-state index in [1.54, 1.807) is 0 Å². The number of rotatable bonds is 5. The van der Waals surface area contributed by atoms with E-state index >= 15 is 0 Å². The molecule has 206 valence electrons. The Labute approximate surface area is 251 Å². The molecular weight excluding hydrogens is 524 g/mol. The zero-order chi connectivity index (χ0) is 29.0. The Bertz CT molecular complexity index is 2090. The maximum absolute atomic E-state index is 6.31. The van der Waals surface area contributed by atoms with Gasteiger partial charge in [0.15, 0.2) is 5.58 Å². The Morgan fingerprint density at radius 1 is 0.512 bits per heavy atom. The molecule has 1 aliphatic rings. The minimum Gasteiger partial charge on any atom is -0.436 e. The molecule has 0 aliphatic heterocycles. The zero-order valence-corrected chi connectivity index (χ0v) is 24.2. The number of aromatic nitrogens is 1. The third kappa shape index (κ3) is 4.24. The molecule has 7 aromatic rings. The van der Waals surface area contributed by atoms with Gasteiger partial charge >= 0.3 is 0 Å². The van der Waals surface area contributed by atoms with Crippen molar-refractivity contribution >= 4 is 28.2 Å². The van der Waals surface area contributed by atoms with Gasteiger partial charge in [-0.15, -0.1) is 0 Å². The van der Waals surface area contributed by atoms with Gasteiger partial charge in [-0.05, 0) is 81.9 Å². The predicted octanol–water partition coefficient (Wildman–Crippen LogP) is 10.9. The average molecular weight is 555 g/mol. The van der Waals surface area contributed by atoms with Crippen LogP contribution in [0.1, 0.15) is 25.0 Å². The summed E-state index contributed by atoms with van der Waals surface area (Å²) in [5, 5.41) is 0. The lowest BCUT2D eigenvalue weighted by molar-refractivity contribution is 0.620. The van der Waals surface area contributed by atoms with Gasteiger partial charge in [0.1, 0.15) is 5.52 Å². The summed E-state index contributed by atoms with van der Waals surface area (Å²) in [5.41, 5.74) is 13.4. The van der Waals surface area contributed by atoms with Crippen molar-refractivity contribution in [3.05, 3.63) is 157 Å². The molecule has 8 rings (SSSR count). The summed E-state index contributed by atoms with van der Waals surface area (Å²) in [6, 6.07) is 51.3. The normalized spacial score (nSPS) is 13.1. The molecule has 0 saturated heterocycles. The minimum atomic E-state index is -0.0930. The van der Waals surface area contributed by atoms with Crippen LogP contribution >= 0.6 is 0 Å². The van der Waals surface area contributed by atoms with Crippen LogP contribution < -0.4 is 4.90 Å². The summed E-state index contributed by atoms with van der Waals surface area (Å²) in [6.07, 6.45) is 0. The maximum atomic E-state index is 6.31. The number of nitrogens with zero attached hydrogens (tertiary/aromatic N) is 2. The van der Waals surface area contributed by atoms with Crippen molar-refractivity contribution < 1.29 is 4.42 Å². The first-order valence-electron chi connectivity index (χ1n) is 14.7. The van der Waals surface area contributed by atoms with Gasteiger partial charge in [-0.1, -0.05) is 105 Å². The summed E-state index contributed by atoms with van der Waals surface area (Å²) < 4.78 is 6.31. The van der Waals surface area contributed by atoms with Crippen LogP contribution in [0.25, 0.3) is 44.8 Å². The molecule has 1 aromatic heterocycles. The Morgan fingerprint density at radius 2 is 1.09 bits per heavy atom. The van der Waals surface area contributed by atoms with Crippen molar-refractivity contribution in [2.75, 3.05) is 4.90 Å². The highest BCUT2D eigenvalue weighted by Gasteiger charge is 2.35. The van der Waals surface area contributed by atoms with Gasteiger partial charge in [-0.3, -0.25) is 0 Å². The second kappa shape index (κ2) is 9.85. The van der Waals surface area contributed by atoms with E-state index in [1.165, 1.54) is 33.4 Å². The third-order valence-electron chi connectivity index (χ3n) is 8.71. The van der Waals surface area contributed by atoms with Crippen molar-refractivity contribution in [2.24, 2.45) is 0 Å². The van der Waals surface area contributed by atoms with Gasteiger partial charge in [0.2, 0.25) is 5.89 Å². The first kappa shape index (κ1) is 25.3. The Hall–Kier alpha value is -5.41. The Kier molecular flexibility index (Phi) is 5.80. The van der Waals surface area contributed by atoms with Crippen LogP contribution in [0.15, 0.2) is 150 Å². The first-order chi connectivity index (χ1) is 21.1. The zero-order valence-electron chi connectivity index (χ0n) is 24.2. The molecule has 0 bridgehead atoms. The molecule has 0 atom stereocenters. The van der Waals surface area contributed by atoms with E-state index in [4.69, 9.17) is 9.40 Å². The van der Waals surface area contributed by atoms with Crippen LogP contribution in [0.4, 0.5) is 17.1 Å². The van der Waals surface area contributed by atoms with E-state index in [0.717, 1.165) is 33.7 Å². The Morgan fingerprint density at radius 3 is 1.86 bits per heavy atom. The highest BCUT2D eigenvalue weighted by Crippen LogP contribution is 2.50. The second-order valence-electron chi connectivity index (χ2n) is 11.7. The molecule has 6 aromatic carbocycles. The molecule has 0 saturated carbocycles. The van der Waals surface area contributed by atoms with E-state index in [2.05, 4.69) is 134 Å². The van der Waals surface area contributed by atoms with Crippen LogP contribution in [0.2, 0.25) is 0 Å². The second-order valence-corrected chi connectivity index (χ2v) is 11.7. The van der Waals surface area contributed by atoms with E-state index in [9.17, 15) is 0 Å². The SMILES string of the molecule is CC1(C)c2ccccc2-c2ccc(N(c3ccc(-c4ccccc4)cc3)c3ccc4nc(-c5ccccc5)oc4c3)cc21. The fraction of sp³-hybridized carbons (Fsp3) is 0.0750. The molecule has 0 radical (unpaired) electrons. The van der Waals surface area contributed by atoms with Gasteiger partial charge < -0.3 is 9.32 Å². The lowest BCUT2D eigenvalue weighted by atomic mass is 9.82. The van der Waals surface area contributed by atoms with Crippen molar-refractivity contribution in [2.45, 2.75) is 19.3 Å². The fourth-order valence-corrected chi connectivity index (χ4v) is 6.47. The van der Waals surface area contributed by atoms with Crippen molar-refractivity contribution in [1.82, 2.24) is 4.98 Å². The highest BCUT2D eigenvalue weighted by atomic mass is 16.3. The molecule has 0 spiro atoms. The topological polar surface area (TPSA) is 29.3 Å². The van der Waals surface area contributed by atoms with Gasteiger partial charge in [0.05, 0.1) is 0 Å². The highest BCUT2D eigenvalue weighted by molar-refractivity contribution is 5.88. The molecule has 1 heterocycles. The molecule has 43 heavy (non-hydrogen) atoms. The van der Waals surface area contributed by atoms with Gasteiger partial charge in [0, 0.05) is 34.1 Å². The first-order valence-corrected chi connectivity index (χ1v) is 14.7. The summed E-state index contributed by atoms with van der Waals surface area (Å²) >= 11 is 0. The summed E-state index contributed by atoms with van der Waals surface area (Å²) in [5.74, 6) is 0.628. The largest absolute Gasteiger partial charge is 0.436 e. The van der Waals surface area contributed by atoms with Crippen molar-refractivity contribution in [3.8, 4) is 33.7 Å². The quantitative estimate of drug-likeness (QED) is 0.212. The number of hydrogen-bond acceptors (Lipinski definition) is 3.